The molecule has 0 amide bonds. The minimum absolute atomic E-state index is 0.497. The van der Waals surface area contributed by atoms with Gasteiger partial charge in [-0.25, -0.2) is 0 Å². The maximum atomic E-state index is 6.40. The second kappa shape index (κ2) is 3.84. The summed E-state index contributed by atoms with van der Waals surface area (Å²) in [4.78, 5) is 0. The maximum Gasteiger partial charge on any atom is 0.0121 e. The molecular weight excluding hydrogens is 170 g/mol. The summed E-state index contributed by atoms with van der Waals surface area (Å²) in [5.41, 5.74) is 6.93. The second-order valence-electron chi connectivity index (χ2n) is 5.88. The van der Waals surface area contributed by atoms with Crippen LogP contribution in [0.5, 0.6) is 0 Å². The van der Waals surface area contributed by atoms with Gasteiger partial charge in [0.05, 0.1) is 0 Å². The first-order valence-electron chi connectivity index (χ1n) is 6.41. The standard InChI is InChI=1S/C13H25N/c1-3-10-5-4-6-11(9-10)12(14)13(2)7-8-13/h10-12H,3-9,14H2,1-2H3. The Morgan fingerprint density at radius 1 is 1.36 bits per heavy atom. The Morgan fingerprint density at radius 3 is 2.64 bits per heavy atom. The van der Waals surface area contributed by atoms with Crippen LogP contribution in [0.4, 0.5) is 0 Å². The van der Waals surface area contributed by atoms with Gasteiger partial charge in [0.15, 0.2) is 0 Å². The van der Waals surface area contributed by atoms with Gasteiger partial charge in [0.2, 0.25) is 0 Å². The van der Waals surface area contributed by atoms with Crippen molar-refractivity contribution in [1.29, 1.82) is 0 Å². The zero-order valence-corrected chi connectivity index (χ0v) is 9.76. The van der Waals surface area contributed by atoms with Gasteiger partial charge < -0.3 is 5.73 Å². The van der Waals surface area contributed by atoms with Gasteiger partial charge in [0, 0.05) is 6.04 Å². The van der Waals surface area contributed by atoms with Crippen molar-refractivity contribution < 1.29 is 0 Å². The summed E-state index contributed by atoms with van der Waals surface area (Å²) in [5, 5.41) is 0. The van der Waals surface area contributed by atoms with Crippen molar-refractivity contribution in [3.05, 3.63) is 0 Å². The molecule has 0 aromatic heterocycles. The summed E-state index contributed by atoms with van der Waals surface area (Å²) in [6.45, 7) is 4.71. The molecule has 2 N–H and O–H groups in total. The van der Waals surface area contributed by atoms with E-state index in [9.17, 15) is 0 Å². The van der Waals surface area contributed by atoms with Crippen molar-refractivity contribution in [3.63, 3.8) is 0 Å². The fraction of sp³-hybridized carbons (Fsp3) is 1.00. The minimum atomic E-state index is 0.497. The minimum Gasteiger partial charge on any atom is -0.327 e. The lowest BCUT2D eigenvalue weighted by Gasteiger charge is -2.35. The Morgan fingerprint density at radius 2 is 2.07 bits per heavy atom. The van der Waals surface area contributed by atoms with E-state index in [1.165, 1.54) is 44.9 Å². The van der Waals surface area contributed by atoms with E-state index < -0.39 is 0 Å². The molecule has 1 heteroatoms. The van der Waals surface area contributed by atoms with E-state index in [0.717, 1.165) is 11.8 Å². The summed E-state index contributed by atoms with van der Waals surface area (Å²) >= 11 is 0. The summed E-state index contributed by atoms with van der Waals surface area (Å²) in [7, 11) is 0. The van der Waals surface area contributed by atoms with Crippen LogP contribution < -0.4 is 5.73 Å². The molecule has 0 aromatic carbocycles. The molecule has 2 rings (SSSR count). The van der Waals surface area contributed by atoms with Crippen LogP contribution >= 0.6 is 0 Å². The first-order valence-corrected chi connectivity index (χ1v) is 6.41. The molecule has 0 aliphatic heterocycles. The molecule has 0 heterocycles. The molecule has 82 valence electrons. The van der Waals surface area contributed by atoms with Gasteiger partial charge in [-0.1, -0.05) is 33.1 Å². The molecule has 0 radical (unpaired) electrons. The van der Waals surface area contributed by atoms with Crippen molar-refractivity contribution >= 4 is 0 Å². The SMILES string of the molecule is CCC1CCCC(C(N)C2(C)CC2)C1. The highest BCUT2D eigenvalue weighted by Gasteiger charge is 2.46. The van der Waals surface area contributed by atoms with Crippen LogP contribution in [0.1, 0.15) is 58.8 Å². The topological polar surface area (TPSA) is 26.0 Å². The molecular formula is C13H25N. The number of rotatable bonds is 3. The normalized spacial score (nSPS) is 37.9. The van der Waals surface area contributed by atoms with Gasteiger partial charge in [0.25, 0.3) is 0 Å². The van der Waals surface area contributed by atoms with Crippen molar-refractivity contribution in [2.75, 3.05) is 0 Å². The fourth-order valence-electron chi connectivity index (χ4n) is 3.13. The highest BCUT2D eigenvalue weighted by atomic mass is 14.7. The van der Waals surface area contributed by atoms with E-state index in [2.05, 4.69) is 13.8 Å². The third-order valence-corrected chi connectivity index (χ3v) is 4.75. The second-order valence-corrected chi connectivity index (χ2v) is 5.88. The first-order chi connectivity index (χ1) is 6.65. The average Bonchev–Trinajstić information content (AvgIpc) is 2.97. The Kier molecular flexibility index (Phi) is 2.88. The van der Waals surface area contributed by atoms with Gasteiger partial charge in [-0.2, -0.15) is 0 Å². The molecule has 2 saturated carbocycles. The van der Waals surface area contributed by atoms with Crippen LogP contribution in [0, 0.1) is 17.3 Å². The van der Waals surface area contributed by atoms with Gasteiger partial charge in [-0.15, -0.1) is 0 Å². The van der Waals surface area contributed by atoms with E-state index in [4.69, 9.17) is 5.73 Å². The predicted molar refractivity (Wildman–Crippen MR) is 61.1 cm³/mol. The predicted octanol–water partition coefficient (Wildman–Crippen LogP) is 3.33. The number of hydrogen-bond donors (Lipinski definition) is 1. The van der Waals surface area contributed by atoms with E-state index >= 15 is 0 Å². The van der Waals surface area contributed by atoms with E-state index in [1.807, 2.05) is 0 Å². The third-order valence-electron chi connectivity index (χ3n) is 4.75. The zero-order valence-electron chi connectivity index (χ0n) is 9.76. The van der Waals surface area contributed by atoms with Gasteiger partial charge in [-0.05, 0) is 42.9 Å². The lowest BCUT2D eigenvalue weighted by Crippen LogP contribution is -2.39. The van der Waals surface area contributed by atoms with Crippen LogP contribution in [-0.2, 0) is 0 Å². The molecule has 1 nitrogen and oxygen atoms in total. The zero-order chi connectivity index (χ0) is 10.2. The fourth-order valence-corrected chi connectivity index (χ4v) is 3.13. The van der Waals surface area contributed by atoms with E-state index in [-0.39, 0.29) is 0 Å². The summed E-state index contributed by atoms with van der Waals surface area (Å²) in [5.74, 6) is 1.81. The molecule has 0 saturated heterocycles. The molecule has 0 aromatic rings. The lowest BCUT2D eigenvalue weighted by molar-refractivity contribution is 0.191. The lowest BCUT2D eigenvalue weighted by atomic mass is 9.73. The van der Waals surface area contributed by atoms with Crippen LogP contribution in [0.3, 0.4) is 0 Å². The van der Waals surface area contributed by atoms with Crippen LogP contribution in [-0.4, -0.2) is 6.04 Å². The largest absolute Gasteiger partial charge is 0.327 e. The van der Waals surface area contributed by atoms with E-state index in [1.54, 1.807) is 0 Å². The van der Waals surface area contributed by atoms with Crippen LogP contribution in [0.2, 0.25) is 0 Å². The Bertz CT molecular complexity index is 195. The third kappa shape index (κ3) is 1.98. The molecule has 2 aliphatic rings. The highest BCUT2D eigenvalue weighted by molar-refractivity contribution is 5.00. The van der Waals surface area contributed by atoms with E-state index in [0.29, 0.717) is 11.5 Å². The molecule has 3 atom stereocenters. The quantitative estimate of drug-likeness (QED) is 0.734. The van der Waals surface area contributed by atoms with Gasteiger partial charge in [-0.3, -0.25) is 0 Å². The first kappa shape index (κ1) is 10.5. The van der Waals surface area contributed by atoms with Crippen molar-refractivity contribution in [3.8, 4) is 0 Å². The van der Waals surface area contributed by atoms with Gasteiger partial charge >= 0.3 is 0 Å². The van der Waals surface area contributed by atoms with Crippen LogP contribution in [0.25, 0.3) is 0 Å². The molecule has 0 bridgehead atoms. The van der Waals surface area contributed by atoms with Crippen molar-refractivity contribution in [1.82, 2.24) is 0 Å². The average molecular weight is 195 g/mol. The number of nitrogens with two attached hydrogens (primary N) is 1. The molecule has 2 aliphatic carbocycles. The summed E-state index contributed by atoms with van der Waals surface area (Å²) in [6, 6.07) is 0.497. The molecule has 14 heavy (non-hydrogen) atoms. The van der Waals surface area contributed by atoms with Crippen molar-refractivity contribution in [2.45, 2.75) is 64.8 Å². The monoisotopic (exact) mass is 195 g/mol. The Balaban J connectivity index is 1.90. The highest BCUT2D eigenvalue weighted by Crippen LogP contribution is 2.51. The Hall–Kier alpha value is -0.0400. The smallest absolute Gasteiger partial charge is 0.0121 e. The molecule has 0 spiro atoms. The van der Waals surface area contributed by atoms with Gasteiger partial charge in [0.1, 0.15) is 0 Å². The maximum absolute atomic E-state index is 6.40. The molecule has 3 unspecified atom stereocenters. The summed E-state index contributed by atoms with van der Waals surface area (Å²) in [6.07, 6.45) is 9.80. The Labute approximate surface area is 88.4 Å². The summed E-state index contributed by atoms with van der Waals surface area (Å²) < 4.78 is 0. The van der Waals surface area contributed by atoms with Crippen LogP contribution in [0.15, 0.2) is 0 Å². The van der Waals surface area contributed by atoms with Crippen molar-refractivity contribution in [2.24, 2.45) is 23.0 Å². The number of hydrogen-bond acceptors (Lipinski definition) is 1. The molecule has 2 fully saturated rings.